The van der Waals surface area contributed by atoms with E-state index in [1.165, 1.54) is 0 Å². The average molecular weight is 365 g/mol. The quantitative estimate of drug-likeness (QED) is 0.504. The number of pyridine rings is 3. The van der Waals surface area contributed by atoms with Crippen LogP contribution in [0.2, 0.25) is 0 Å². The molecule has 6 heteroatoms. The normalized spacial score (nSPS) is 10.9. The van der Waals surface area contributed by atoms with Gasteiger partial charge in [-0.3, -0.25) is 9.97 Å². The smallest absolute Gasteiger partial charge is 0.178 e. The van der Waals surface area contributed by atoms with Crippen molar-refractivity contribution in [3.63, 3.8) is 0 Å². The summed E-state index contributed by atoms with van der Waals surface area (Å²) in [5, 5.41) is 1.99. The van der Waals surface area contributed by atoms with E-state index in [4.69, 9.17) is 10.5 Å². The molecule has 0 aliphatic rings. The topological polar surface area (TPSA) is 89.7 Å². The number of hydrogen-bond acceptors (Lipinski definition) is 5. The van der Waals surface area contributed by atoms with E-state index in [9.17, 15) is 0 Å². The van der Waals surface area contributed by atoms with Crippen LogP contribution in [-0.4, -0.2) is 27.0 Å². The van der Waals surface area contributed by atoms with E-state index in [0.29, 0.717) is 11.6 Å². The van der Waals surface area contributed by atoms with E-state index in [-0.39, 0.29) is 0 Å². The van der Waals surface area contributed by atoms with Crippen LogP contribution in [0, 0.1) is 12.1 Å². The van der Waals surface area contributed by atoms with Crippen LogP contribution in [0.15, 0.2) is 55.1 Å². The Morgan fingerprint density at radius 1 is 1.04 bits per heavy atom. The number of aromatic amines is 1. The number of nitrogen functional groups attached to an aromatic ring is 1. The van der Waals surface area contributed by atoms with E-state index in [2.05, 4.69) is 32.1 Å². The summed E-state index contributed by atoms with van der Waals surface area (Å²) in [7, 11) is 1.62. The Kier molecular flexibility index (Phi) is 3.59. The molecule has 0 amide bonds. The van der Waals surface area contributed by atoms with Crippen molar-refractivity contribution < 1.29 is 4.74 Å². The molecule has 134 valence electrons. The lowest BCUT2D eigenvalue weighted by Gasteiger charge is -2.08. The largest absolute Gasteiger partial charge is 0.488 e. The molecular formula is C22H15N5O. The highest BCUT2D eigenvalue weighted by atomic mass is 16.5. The molecule has 0 saturated carbocycles. The van der Waals surface area contributed by atoms with Gasteiger partial charge >= 0.3 is 0 Å². The van der Waals surface area contributed by atoms with Gasteiger partial charge in [0.2, 0.25) is 0 Å². The van der Waals surface area contributed by atoms with Crippen LogP contribution in [0.4, 0.5) is 5.82 Å². The molecule has 0 unspecified atom stereocenters. The van der Waals surface area contributed by atoms with Crippen LogP contribution in [0.3, 0.4) is 0 Å². The summed E-state index contributed by atoms with van der Waals surface area (Å²) in [5.41, 5.74) is 11.1. The van der Waals surface area contributed by atoms with Crippen molar-refractivity contribution in [1.29, 1.82) is 0 Å². The Hall–Kier alpha value is -4.11. The number of ether oxygens (including phenoxy) is 1. The molecule has 6 nitrogen and oxygen atoms in total. The minimum atomic E-state index is 0.465. The number of nitrogens with two attached hydrogens (primary N) is 1. The van der Waals surface area contributed by atoms with Crippen molar-refractivity contribution in [1.82, 2.24) is 19.9 Å². The van der Waals surface area contributed by atoms with E-state index in [1.807, 2.05) is 30.5 Å². The van der Waals surface area contributed by atoms with Gasteiger partial charge in [-0.15, -0.1) is 0 Å². The van der Waals surface area contributed by atoms with Crippen molar-refractivity contribution in [3.05, 3.63) is 67.3 Å². The fraction of sp³-hybridized carbons (Fsp3) is 0.0455. The highest BCUT2D eigenvalue weighted by Gasteiger charge is 2.16. The number of aromatic nitrogens is 4. The highest BCUT2D eigenvalue weighted by Crippen LogP contribution is 2.39. The lowest BCUT2D eigenvalue weighted by Crippen LogP contribution is -1.92. The van der Waals surface area contributed by atoms with E-state index >= 15 is 0 Å². The van der Waals surface area contributed by atoms with Gasteiger partial charge < -0.3 is 15.5 Å². The number of nitrogens with one attached hydrogen (secondary N) is 1. The Morgan fingerprint density at radius 2 is 1.96 bits per heavy atom. The van der Waals surface area contributed by atoms with Gasteiger partial charge in [-0.25, -0.2) is 4.98 Å². The molecule has 5 aromatic rings. The summed E-state index contributed by atoms with van der Waals surface area (Å²) in [5.74, 6) is 1.06. The van der Waals surface area contributed by atoms with Crippen molar-refractivity contribution in [3.8, 4) is 28.1 Å². The molecule has 0 spiro atoms. The number of anilines is 1. The number of hydrogen-bond donors (Lipinski definition) is 2. The fourth-order valence-corrected chi connectivity index (χ4v) is 3.40. The van der Waals surface area contributed by atoms with E-state index < -0.39 is 0 Å². The average Bonchev–Trinajstić information content (AvgIpc) is 3.12. The maximum atomic E-state index is 5.77. The molecular weight excluding hydrogens is 350 g/mol. The number of nitrogens with zero attached hydrogens (tertiary/aromatic N) is 3. The van der Waals surface area contributed by atoms with Crippen LogP contribution in [0.25, 0.3) is 44.2 Å². The molecule has 5 rings (SSSR count). The van der Waals surface area contributed by atoms with Crippen LogP contribution < -0.4 is 10.5 Å². The van der Waals surface area contributed by atoms with Gasteiger partial charge in [-0.05, 0) is 42.5 Å². The minimum absolute atomic E-state index is 0.465. The number of H-pyrrole nitrogens is 1. The van der Waals surface area contributed by atoms with Gasteiger partial charge in [0.15, 0.2) is 5.75 Å². The molecule has 0 fully saturated rings. The first kappa shape index (κ1) is 16.1. The predicted molar refractivity (Wildman–Crippen MR) is 109 cm³/mol. The highest BCUT2D eigenvalue weighted by molar-refractivity contribution is 6.15. The van der Waals surface area contributed by atoms with E-state index in [1.54, 1.807) is 31.8 Å². The summed E-state index contributed by atoms with van der Waals surface area (Å²) >= 11 is 0. The first-order chi connectivity index (χ1) is 13.7. The second kappa shape index (κ2) is 6.25. The van der Waals surface area contributed by atoms with Crippen molar-refractivity contribution in [2.75, 3.05) is 12.8 Å². The molecule has 3 N–H and O–H groups in total. The number of fused-ring (bicyclic) bond motifs is 3. The minimum Gasteiger partial charge on any atom is -0.488 e. The zero-order valence-corrected chi connectivity index (χ0v) is 15.0. The molecule has 0 radical (unpaired) electrons. The third-order valence-corrected chi connectivity index (χ3v) is 4.70. The van der Waals surface area contributed by atoms with Crippen LogP contribution in [0.5, 0.6) is 5.75 Å². The molecule has 4 heterocycles. The fourth-order valence-electron chi connectivity index (χ4n) is 3.40. The van der Waals surface area contributed by atoms with Crippen molar-refractivity contribution in [2.45, 2.75) is 0 Å². The maximum absolute atomic E-state index is 5.77. The molecule has 4 aromatic heterocycles. The van der Waals surface area contributed by atoms with Gasteiger partial charge in [0, 0.05) is 46.1 Å². The monoisotopic (exact) mass is 365 g/mol. The summed E-state index contributed by atoms with van der Waals surface area (Å²) < 4.78 is 5.59. The Balaban J connectivity index is 1.85. The van der Waals surface area contributed by atoms with Crippen LogP contribution in [-0.2, 0) is 0 Å². The molecule has 0 atom stereocenters. The first-order valence-corrected chi connectivity index (χ1v) is 8.69. The Bertz CT molecular complexity index is 1290. The lowest BCUT2D eigenvalue weighted by atomic mass is 10.0. The molecule has 0 saturated heterocycles. The first-order valence-electron chi connectivity index (χ1n) is 8.69. The van der Waals surface area contributed by atoms with Crippen molar-refractivity contribution >= 4 is 27.6 Å². The van der Waals surface area contributed by atoms with Crippen molar-refractivity contribution in [2.24, 2.45) is 0 Å². The molecule has 0 aliphatic heterocycles. The van der Waals surface area contributed by atoms with Gasteiger partial charge in [0.1, 0.15) is 5.82 Å². The predicted octanol–water partition coefficient (Wildman–Crippen LogP) is 4.03. The summed E-state index contributed by atoms with van der Waals surface area (Å²) in [6.07, 6.45) is 7.11. The number of methoxy groups -OCH3 is 1. The maximum Gasteiger partial charge on any atom is 0.178 e. The van der Waals surface area contributed by atoms with Crippen LogP contribution >= 0.6 is 0 Å². The molecule has 0 bridgehead atoms. The van der Waals surface area contributed by atoms with Gasteiger partial charge in [-0.1, -0.05) is 0 Å². The summed E-state index contributed by atoms with van der Waals surface area (Å²) in [6.45, 7) is 0. The van der Waals surface area contributed by atoms with Crippen LogP contribution in [0.1, 0.15) is 0 Å². The molecule has 1 aromatic carbocycles. The Morgan fingerprint density at radius 3 is 2.71 bits per heavy atom. The third kappa shape index (κ3) is 2.49. The van der Waals surface area contributed by atoms with Gasteiger partial charge in [0.05, 0.1) is 30.0 Å². The lowest BCUT2D eigenvalue weighted by molar-refractivity contribution is 0.417. The SMILES string of the molecule is COc1c#cc2[nH]c3cnc(-c4cccnc4)cc3c2c1-c1ccc(N)nc1. The van der Waals surface area contributed by atoms with Gasteiger partial charge in [0.25, 0.3) is 0 Å². The molecule has 28 heavy (non-hydrogen) atoms. The van der Waals surface area contributed by atoms with Gasteiger partial charge in [-0.2, -0.15) is 0 Å². The second-order valence-corrected chi connectivity index (χ2v) is 6.36. The zero-order chi connectivity index (χ0) is 19.1. The summed E-state index contributed by atoms with van der Waals surface area (Å²) in [6, 6.07) is 15.9. The second-order valence-electron chi connectivity index (χ2n) is 6.36. The number of rotatable bonds is 3. The zero-order valence-electron chi connectivity index (χ0n) is 15.0. The third-order valence-electron chi connectivity index (χ3n) is 4.70. The summed E-state index contributed by atoms with van der Waals surface area (Å²) in [4.78, 5) is 16.4. The standard InChI is InChI=1S/C22H15N5O/c1-28-19-6-5-16-22(21(19)14-4-7-20(23)26-11-14)15-9-17(25-12-18(15)27-16)13-3-2-8-24-10-13/h2-4,7-12,27H,1H3,(H2,23,26). The molecule has 0 aliphatic carbocycles. The van der Waals surface area contributed by atoms with E-state index in [0.717, 1.165) is 44.2 Å². The Labute approximate surface area is 161 Å².